The fourth-order valence-corrected chi connectivity index (χ4v) is 3.91. The molecule has 0 N–H and O–H groups in total. The van der Waals surface area contributed by atoms with Crippen LogP contribution in [0.5, 0.6) is 0 Å². The fourth-order valence-electron chi connectivity index (χ4n) is 3.91. The summed E-state index contributed by atoms with van der Waals surface area (Å²) < 4.78 is 15.3. The zero-order chi connectivity index (χ0) is 26.5. The van der Waals surface area contributed by atoms with Crippen LogP contribution in [0.4, 0.5) is 0 Å². The van der Waals surface area contributed by atoms with Crippen molar-refractivity contribution in [1.29, 1.82) is 0 Å². The highest BCUT2D eigenvalue weighted by atomic mass is 16.6. The van der Waals surface area contributed by atoms with E-state index in [1.807, 2.05) is 64.1 Å². The number of nitrogens with zero attached hydrogens (tertiary/aromatic N) is 1. The third-order valence-corrected chi connectivity index (χ3v) is 5.13. The zero-order valence-corrected chi connectivity index (χ0v) is 22.0. The van der Waals surface area contributed by atoms with Crippen molar-refractivity contribution in [3.05, 3.63) is 69.8 Å². The molecule has 0 aliphatic rings. The van der Waals surface area contributed by atoms with Crippen molar-refractivity contribution in [3.63, 3.8) is 0 Å². The van der Waals surface area contributed by atoms with Crippen LogP contribution < -0.4 is 0 Å². The molecule has 0 unspecified atom stereocenters. The third kappa shape index (κ3) is 7.50. The molecule has 188 valence electrons. The average Bonchev–Trinajstić information content (AvgIpc) is 2.72. The number of hydrogen-bond acceptors (Lipinski definition) is 7. The molecular weight excluding hydrogens is 446 g/mol. The second-order valence-corrected chi connectivity index (χ2v) is 9.73. The Balaban J connectivity index is 2.89. The smallest absolute Gasteiger partial charge is 0.332 e. The highest BCUT2D eigenvalue weighted by Crippen LogP contribution is 2.23. The topological polar surface area (TPSA) is 91.3 Å². The number of methoxy groups -OCH3 is 2. The summed E-state index contributed by atoms with van der Waals surface area (Å²) in [6.07, 6.45) is 0. The molecule has 0 amide bonds. The Morgan fingerprint density at radius 3 is 1.37 bits per heavy atom. The minimum atomic E-state index is -1.63. The van der Waals surface area contributed by atoms with Crippen LogP contribution in [0.1, 0.15) is 54.2 Å². The van der Waals surface area contributed by atoms with Gasteiger partial charge in [0.05, 0.1) is 19.9 Å². The summed E-state index contributed by atoms with van der Waals surface area (Å²) >= 11 is 0. The number of rotatable bonds is 7. The number of carbonyl (C=O) groups excluding carboxylic acids is 3. The maximum Gasteiger partial charge on any atom is 0.332 e. The molecule has 0 heterocycles. The van der Waals surface area contributed by atoms with Gasteiger partial charge in [0.2, 0.25) is 0 Å². The summed E-state index contributed by atoms with van der Waals surface area (Å²) in [5.74, 6) is -4.33. The maximum absolute atomic E-state index is 13.4. The van der Waals surface area contributed by atoms with Gasteiger partial charge in [-0.15, -0.1) is 0 Å². The summed E-state index contributed by atoms with van der Waals surface area (Å²) in [5.41, 5.74) is 5.08. The molecule has 0 saturated heterocycles. The normalized spacial score (nSPS) is 12.1. The van der Waals surface area contributed by atoms with Gasteiger partial charge in [0.15, 0.2) is 12.0 Å². The molecule has 2 aromatic carbocycles. The Hall–Kier alpha value is -3.48. The molecular formula is C28H35NO6. The quantitative estimate of drug-likeness (QED) is 0.251. The van der Waals surface area contributed by atoms with Crippen molar-refractivity contribution in [2.75, 3.05) is 14.2 Å². The van der Waals surface area contributed by atoms with Crippen molar-refractivity contribution in [1.82, 2.24) is 0 Å². The van der Waals surface area contributed by atoms with Gasteiger partial charge in [-0.3, -0.25) is 14.6 Å². The van der Waals surface area contributed by atoms with E-state index in [1.54, 1.807) is 20.8 Å². The Kier molecular flexibility index (Phi) is 8.96. The summed E-state index contributed by atoms with van der Waals surface area (Å²) in [6, 6.07) is 10.3. The van der Waals surface area contributed by atoms with Crippen molar-refractivity contribution in [2.24, 2.45) is 10.9 Å². The molecule has 1 atom stereocenters. The number of carbonyl (C=O) groups is 3. The van der Waals surface area contributed by atoms with Crippen LogP contribution in [0.2, 0.25) is 0 Å². The van der Waals surface area contributed by atoms with Crippen molar-refractivity contribution in [3.8, 4) is 0 Å². The first kappa shape index (κ1) is 27.8. The van der Waals surface area contributed by atoms with E-state index in [4.69, 9.17) is 19.2 Å². The van der Waals surface area contributed by atoms with Crippen molar-refractivity contribution in [2.45, 2.75) is 60.1 Å². The number of aliphatic imine (C=N–C) groups is 1. The van der Waals surface area contributed by atoms with E-state index in [1.165, 1.54) is 0 Å². The van der Waals surface area contributed by atoms with E-state index in [0.29, 0.717) is 5.71 Å². The van der Waals surface area contributed by atoms with Gasteiger partial charge in [0.25, 0.3) is 0 Å². The lowest BCUT2D eigenvalue weighted by atomic mass is 9.94. The Morgan fingerprint density at radius 1 is 0.686 bits per heavy atom. The molecule has 0 aromatic heterocycles. The number of benzene rings is 2. The van der Waals surface area contributed by atoms with Crippen LogP contribution in [0.25, 0.3) is 0 Å². The third-order valence-electron chi connectivity index (χ3n) is 5.13. The van der Waals surface area contributed by atoms with Gasteiger partial charge < -0.3 is 14.2 Å². The van der Waals surface area contributed by atoms with E-state index in [-0.39, 0.29) is 0 Å². The lowest BCUT2D eigenvalue weighted by Crippen LogP contribution is -2.44. The van der Waals surface area contributed by atoms with Gasteiger partial charge in [-0.2, -0.15) is 0 Å². The van der Waals surface area contributed by atoms with Gasteiger partial charge in [-0.05, 0) is 72.7 Å². The first-order chi connectivity index (χ1) is 16.2. The standard InChI is InChI=1S/C28H35NO6/c1-16-10-17(2)13-20(12-16)23(21-14-18(3)11-19(4)15-21)29-24(27(32)35-28(5,6)7)22(25(30)33-8)26(31)34-9/h10-15,22,24H,1-9H3/t24-/m0/s1. The molecule has 0 fully saturated rings. The van der Waals surface area contributed by atoms with Crippen LogP contribution in [-0.4, -0.2) is 49.5 Å². The van der Waals surface area contributed by atoms with E-state index in [9.17, 15) is 14.4 Å². The van der Waals surface area contributed by atoms with Gasteiger partial charge >= 0.3 is 17.9 Å². The molecule has 7 nitrogen and oxygen atoms in total. The maximum atomic E-state index is 13.4. The predicted octanol–water partition coefficient (Wildman–Crippen LogP) is 4.43. The van der Waals surface area contributed by atoms with E-state index in [2.05, 4.69) is 0 Å². The molecule has 0 aliphatic carbocycles. The van der Waals surface area contributed by atoms with Gasteiger partial charge in [-0.25, -0.2) is 4.79 Å². The minimum Gasteiger partial charge on any atom is -0.468 e. The molecule has 0 bridgehead atoms. The van der Waals surface area contributed by atoms with E-state index in [0.717, 1.165) is 47.6 Å². The Morgan fingerprint density at radius 2 is 1.06 bits per heavy atom. The van der Waals surface area contributed by atoms with Crippen LogP contribution in [-0.2, 0) is 28.6 Å². The predicted molar refractivity (Wildman–Crippen MR) is 135 cm³/mol. The molecule has 0 radical (unpaired) electrons. The number of hydrogen-bond donors (Lipinski definition) is 0. The summed E-state index contributed by atoms with van der Waals surface area (Å²) in [6.45, 7) is 13.0. The summed E-state index contributed by atoms with van der Waals surface area (Å²) in [5, 5.41) is 0. The van der Waals surface area contributed by atoms with Gasteiger partial charge in [0, 0.05) is 11.1 Å². The molecule has 0 aliphatic heterocycles. The van der Waals surface area contributed by atoms with Gasteiger partial charge in [-0.1, -0.05) is 34.4 Å². The number of esters is 3. The van der Waals surface area contributed by atoms with Gasteiger partial charge in [0.1, 0.15) is 5.60 Å². The summed E-state index contributed by atoms with van der Waals surface area (Å²) in [7, 11) is 2.28. The number of ether oxygens (including phenoxy) is 3. The van der Waals surface area contributed by atoms with Crippen LogP contribution in [0, 0.1) is 33.6 Å². The number of aryl methyl sites for hydroxylation is 4. The lowest BCUT2D eigenvalue weighted by molar-refractivity contribution is -0.169. The minimum absolute atomic E-state index is 0.456. The molecule has 0 spiro atoms. The monoisotopic (exact) mass is 481 g/mol. The first-order valence-electron chi connectivity index (χ1n) is 11.4. The highest BCUT2D eigenvalue weighted by molar-refractivity contribution is 6.14. The average molecular weight is 482 g/mol. The van der Waals surface area contributed by atoms with Crippen molar-refractivity contribution >= 4 is 23.6 Å². The molecule has 7 heteroatoms. The Bertz CT molecular complexity index is 1030. The van der Waals surface area contributed by atoms with E-state index >= 15 is 0 Å². The second-order valence-electron chi connectivity index (χ2n) is 9.73. The second kappa shape index (κ2) is 11.3. The van der Waals surface area contributed by atoms with Crippen LogP contribution in [0.15, 0.2) is 41.4 Å². The van der Waals surface area contributed by atoms with Crippen LogP contribution >= 0.6 is 0 Å². The molecule has 35 heavy (non-hydrogen) atoms. The Labute approximate surface area is 207 Å². The largest absolute Gasteiger partial charge is 0.468 e. The molecule has 2 aromatic rings. The lowest BCUT2D eigenvalue weighted by Gasteiger charge is -2.25. The van der Waals surface area contributed by atoms with Crippen LogP contribution in [0.3, 0.4) is 0 Å². The van der Waals surface area contributed by atoms with E-state index < -0.39 is 35.5 Å². The fraction of sp³-hybridized carbons (Fsp3) is 0.429. The zero-order valence-electron chi connectivity index (χ0n) is 22.0. The SMILES string of the molecule is COC(=O)C(C(=O)OC)[C@H](N=C(c1cc(C)cc(C)c1)c1cc(C)cc(C)c1)C(=O)OC(C)(C)C. The highest BCUT2D eigenvalue weighted by Gasteiger charge is 2.44. The van der Waals surface area contributed by atoms with Crippen molar-refractivity contribution < 1.29 is 28.6 Å². The molecule has 2 rings (SSSR count). The molecule has 0 saturated carbocycles. The summed E-state index contributed by atoms with van der Waals surface area (Å²) in [4.78, 5) is 43.5. The first-order valence-corrected chi connectivity index (χ1v) is 11.4.